The molecule has 176 valence electrons. The SMILES string of the molecule is CC[C@@H](NC(=O)N1CC(=O)NC[C@@H](Cc2cc(Cl)ccc2OC)C1=O)c1cc(C(=O)O)cs1. The van der Waals surface area contributed by atoms with Gasteiger partial charge in [-0.15, -0.1) is 11.3 Å². The van der Waals surface area contributed by atoms with E-state index in [-0.39, 0.29) is 18.5 Å². The maximum atomic E-state index is 13.2. The smallest absolute Gasteiger partial charge is 0.336 e. The topological polar surface area (TPSA) is 125 Å². The van der Waals surface area contributed by atoms with Crippen LogP contribution in [0.15, 0.2) is 29.6 Å². The first-order valence-corrected chi connectivity index (χ1v) is 11.5. The first-order chi connectivity index (χ1) is 15.7. The maximum Gasteiger partial charge on any atom is 0.336 e. The van der Waals surface area contributed by atoms with Crippen LogP contribution in [0.1, 0.15) is 40.2 Å². The van der Waals surface area contributed by atoms with E-state index in [1.54, 1.807) is 18.2 Å². The van der Waals surface area contributed by atoms with Gasteiger partial charge in [-0.3, -0.25) is 14.5 Å². The summed E-state index contributed by atoms with van der Waals surface area (Å²) in [6.45, 7) is 1.49. The minimum Gasteiger partial charge on any atom is -0.496 e. The molecule has 0 aliphatic carbocycles. The first kappa shape index (κ1) is 24.5. The quantitative estimate of drug-likeness (QED) is 0.544. The van der Waals surface area contributed by atoms with Gasteiger partial charge in [-0.2, -0.15) is 0 Å². The summed E-state index contributed by atoms with van der Waals surface area (Å²) in [7, 11) is 1.51. The Kier molecular flexibility index (Phi) is 7.93. The van der Waals surface area contributed by atoms with E-state index in [9.17, 15) is 19.2 Å². The first-order valence-electron chi connectivity index (χ1n) is 10.3. The fourth-order valence-corrected chi connectivity index (χ4v) is 4.79. The maximum absolute atomic E-state index is 13.2. The molecule has 0 spiro atoms. The molecule has 1 aromatic carbocycles. The third kappa shape index (κ3) is 5.82. The van der Waals surface area contributed by atoms with E-state index in [1.807, 2.05) is 6.92 Å². The molecule has 3 rings (SSSR count). The zero-order chi connectivity index (χ0) is 24.1. The van der Waals surface area contributed by atoms with Crippen LogP contribution in [0.3, 0.4) is 0 Å². The van der Waals surface area contributed by atoms with Gasteiger partial charge >= 0.3 is 12.0 Å². The number of rotatable bonds is 7. The van der Waals surface area contributed by atoms with Crippen molar-refractivity contribution in [3.63, 3.8) is 0 Å². The number of benzene rings is 1. The number of aromatic carboxylic acids is 1. The van der Waals surface area contributed by atoms with Crippen LogP contribution in [0.25, 0.3) is 0 Å². The van der Waals surface area contributed by atoms with Crippen LogP contribution in [-0.2, 0) is 16.0 Å². The van der Waals surface area contributed by atoms with Gasteiger partial charge in [0.1, 0.15) is 12.3 Å². The summed E-state index contributed by atoms with van der Waals surface area (Å²) >= 11 is 7.30. The third-order valence-corrected chi connectivity index (χ3v) is 6.61. The number of thiophene rings is 1. The summed E-state index contributed by atoms with van der Waals surface area (Å²) < 4.78 is 5.35. The van der Waals surface area contributed by atoms with E-state index in [4.69, 9.17) is 21.4 Å². The van der Waals surface area contributed by atoms with Gasteiger partial charge in [-0.25, -0.2) is 9.59 Å². The van der Waals surface area contributed by atoms with Gasteiger partial charge in [0.2, 0.25) is 11.8 Å². The lowest BCUT2D eigenvalue weighted by Gasteiger charge is -2.25. The molecule has 11 heteroatoms. The normalized spacial score (nSPS) is 17.2. The second-order valence-corrected chi connectivity index (χ2v) is 8.92. The van der Waals surface area contributed by atoms with Crippen LogP contribution in [0.4, 0.5) is 4.79 Å². The van der Waals surface area contributed by atoms with E-state index in [1.165, 1.54) is 29.9 Å². The summed E-state index contributed by atoms with van der Waals surface area (Å²) in [5.41, 5.74) is 0.814. The number of ether oxygens (including phenoxy) is 1. The van der Waals surface area contributed by atoms with Crippen LogP contribution >= 0.6 is 22.9 Å². The molecule has 33 heavy (non-hydrogen) atoms. The number of carbonyl (C=O) groups excluding carboxylic acids is 3. The number of halogens is 1. The van der Waals surface area contributed by atoms with Crippen molar-refractivity contribution >= 4 is 46.8 Å². The van der Waals surface area contributed by atoms with Gasteiger partial charge in [0, 0.05) is 21.8 Å². The molecule has 1 aliphatic heterocycles. The van der Waals surface area contributed by atoms with E-state index < -0.39 is 42.3 Å². The van der Waals surface area contributed by atoms with E-state index >= 15 is 0 Å². The van der Waals surface area contributed by atoms with Gasteiger partial charge in [0.15, 0.2) is 0 Å². The number of nitrogens with one attached hydrogen (secondary N) is 2. The van der Waals surface area contributed by atoms with Gasteiger partial charge in [-0.05, 0) is 42.7 Å². The summed E-state index contributed by atoms with van der Waals surface area (Å²) in [5, 5.41) is 16.6. The molecule has 0 radical (unpaired) electrons. The average Bonchev–Trinajstić information content (AvgIpc) is 3.23. The number of urea groups is 1. The van der Waals surface area contributed by atoms with E-state index in [0.717, 1.165) is 4.90 Å². The molecule has 2 atom stereocenters. The predicted molar refractivity (Wildman–Crippen MR) is 123 cm³/mol. The van der Waals surface area contributed by atoms with Crippen molar-refractivity contribution in [1.82, 2.24) is 15.5 Å². The second kappa shape index (κ2) is 10.7. The Bertz CT molecular complexity index is 1070. The molecule has 9 nitrogen and oxygen atoms in total. The van der Waals surface area contributed by atoms with Crippen molar-refractivity contribution in [3.8, 4) is 5.75 Å². The molecule has 0 unspecified atom stereocenters. The molecule has 0 saturated carbocycles. The lowest BCUT2D eigenvalue weighted by molar-refractivity contribution is -0.133. The van der Waals surface area contributed by atoms with Gasteiger partial charge in [0.05, 0.1) is 24.6 Å². The Morgan fingerprint density at radius 2 is 2.12 bits per heavy atom. The molecular weight excluding hydrogens is 470 g/mol. The highest BCUT2D eigenvalue weighted by molar-refractivity contribution is 7.10. The molecule has 1 aromatic heterocycles. The van der Waals surface area contributed by atoms with Crippen LogP contribution in [-0.4, -0.2) is 54.0 Å². The monoisotopic (exact) mass is 493 g/mol. The minimum atomic E-state index is -1.06. The number of nitrogens with zero attached hydrogens (tertiary/aromatic N) is 1. The zero-order valence-corrected chi connectivity index (χ0v) is 19.7. The molecule has 0 bridgehead atoms. The van der Waals surface area contributed by atoms with Crippen molar-refractivity contribution in [2.24, 2.45) is 5.92 Å². The van der Waals surface area contributed by atoms with Crippen molar-refractivity contribution in [1.29, 1.82) is 0 Å². The lowest BCUT2D eigenvalue weighted by Crippen LogP contribution is -2.48. The minimum absolute atomic E-state index is 0.0707. The fraction of sp³-hybridized carbons (Fsp3) is 0.364. The second-order valence-electron chi connectivity index (χ2n) is 7.54. The Hall–Kier alpha value is -3.11. The summed E-state index contributed by atoms with van der Waals surface area (Å²) in [6, 6.07) is 5.34. The van der Waals surface area contributed by atoms with Crippen molar-refractivity contribution in [2.75, 3.05) is 20.2 Å². The Labute approximate surface area is 199 Å². The van der Waals surface area contributed by atoms with E-state index in [2.05, 4.69) is 10.6 Å². The number of carboxylic acids is 1. The number of carboxylic acid groups (broad SMARTS) is 1. The van der Waals surface area contributed by atoms with Gasteiger partial charge in [0.25, 0.3) is 0 Å². The zero-order valence-electron chi connectivity index (χ0n) is 18.1. The highest BCUT2D eigenvalue weighted by Gasteiger charge is 2.35. The van der Waals surface area contributed by atoms with E-state index in [0.29, 0.717) is 27.6 Å². The standard InChI is InChI=1S/C22H24ClN3O6S/c1-3-16(18-8-14(11-33-18)21(29)30)25-22(31)26-10-19(27)24-9-13(20(26)28)6-12-7-15(23)4-5-17(12)32-2/h4-5,7-8,11,13,16H,3,6,9-10H2,1-2H3,(H,24,27)(H,25,31)(H,29,30)/t13-,16-/m1/s1. The molecule has 2 heterocycles. The number of hydrogen-bond donors (Lipinski definition) is 3. The Morgan fingerprint density at radius 3 is 2.76 bits per heavy atom. The summed E-state index contributed by atoms with van der Waals surface area (Å²) in [4.78, 5) is 51.2. The summed E-state index contributed by atoms with van der Waals surface area (Å²) in [6.07, 6.45) is 0.694. The molecule has 1 aliphatic rings. The molecular formula is C22H24ClN3O6S. The van der Waals surface area contributed by atoms with Crippen LogP contribution in [0, 0.1) is 5.92 Å². The van der Waals surface area contributed by atoms with Crippen molar-refractivity contribution < 1.29 is 29.0 Å². The van der Waals surface area contributed by atoms with Crippen LogP contribution in [0.5, 0.6) is 5.75 Å². The predicted octanol–water partition coefficient (Wildman–Crippen LogP) is 3.09. The number of carbonyl (C=O) groups is 4. The van der Waals surface area contributed by atoms with Crippen LogP contribution in [0.2, 0.25) is 5.02 Å². The van der Waals surface area contributed by atoms with Crippen molar-refractivity contribution in [2.45, 2.75) is 25.8 Å². The highest BCUT2D eigenvalue weighted by atomic mass is 35.5. The van der Waals surface area contributed by atoms with Crippen molar-refractivity contribution in [3.05, 3.63) is 50.7 Å². The summed E-state index contributed by atoms with van der Waals surface area (Å²) in [5.74, 6) is -2.15. The number of methoxy groups -OCH3 is 1. The number of imide groups is 1. The lowest BCUT2D eigenvalue weighted by atomic mass is 9.97. The fourth-order valence-electron chi connectivity index (χ4n) is 3.57. The largest absolute Gasteiger partial charge is 0.496 e. The Morgan fingerprint density at radius 1 is 1.36 bits per heavy atom. The Balaban J connectivity index is 1.79. The van der Waals surface area contributed by atoms with Crippen LogP contribution < -0.4 is 15.4 Å². The highest BCUT2D eigenvalue weighted by Crippen LogP contribution is 2.27. The number of amides is 4. The molecule has 3 N–H and O–H groups in total. The average molecular weight is 494 g/mol. The third-order valence-electron chi connectivity index (χ3n) is 5.33. The number of hydrogen-bond acceptors (Lipinski definition) is 6. The molecule has 1 fully saturated rings. The van der Waals surface area contributed by atoms with Gasteiger partial charge in [-0.1, -0.05) is 18.5 Å². The van der Waals surface area contributed by atoms with Gasteiger partial charge < -0.3 is 20.5 Å². The molecule has 4 amide bonds. The molecule has 2 aromatic rings. The molecule has 1 saturated heterocycles.